The van der Waals surface area contributed by atoms with Crippen LogP contribution in [0.1, 0.15) is 40.5 Å². The minimum Gasteiger partial charge on any atom is -0.469 e. The van der Waals surface area contributed by atoms with Gasteiger partial charge in [-0.25, -0.2) is 0 Å². The van der Waals surface area contributed by atoms with E-state index in [1.807, 2.05) is 6.92 Å². The van der Waals surface area contributed by atoms with Crippen molar-refractivity contribution in [3.05, 3.63) is 12.2 Å². The maximum atomic E-state index is 11.8. The van der Waals surface area contributed by atoms with E-state index in [2.05, 4.69) is 27.4 Å². The van der Waals surface area contributed by atoms with Gasteiger partial charge in [-0.3, -0.25) is 4.79 Å². The first-order valence-corrected chi connectivity index (χ1v) is 6.59. The summed E-state index contributed by atoms with van der Waals surface area (Å²) in [6.07, 6.45) is 0.931. The Bertz CT molecular complexity index is 327. The second kappa shape index (κ2) is 5.43. The lowest BCUT2D eigenvalue weighted by atomic mass is 9.63. The normalized spacial score (nSPS) is 33.0. The van der Waals surface area contributed by atoms with Crippen molar-refractivity contribution in [3.8, 4) is 0 Å². The predicted octanol–water partition coefficient (Wildman–Crippen LogP) is 2.78. The Morgan fingerprint density at radius 2 is 1.89 bits per heavy atom. The number of methoxy groups -OCH3 is 1. The van der Waals surface area contributed by atoms with Gasteiger partial charge in [0.1, 0.15) is 0 Å². The van der Waals surface area contributed by atoms with Gasteiger partial charge in [-0.1, -0.05) is 32.9 Å². The van der Waals surface area contributed by atoms with Crippen LogP contribution in [0.2, 0.25) is 0 Å². The molecule has 1 saturated carbocycles. The maximum absolute atomic E-state index is 11.8. The number of esters is 1. The largest absolute Gasteiger partial charge is 0.469 e. The number of ether oxygens (including phenoxy) is 1. The molecule has 4 atom stereocenters. The van der Waals surface area contributed by atoms with Crippen molar-refractivity contribution in [1.82, 2.24) is 0 Å². The highest BCUT2D eigenvalue weighted by molar-refractivity contribution is 5.72. The summed E-state index contributed by atoms with van der Waals surface area (Å²) in [5.74, 6) is -0.198. The molecule has 1 aliphatic rings. The second-order valence-electron chi connectivity index (χ2n) is 6.61. The summed E-state index contributed by atoms with van der Waals surface area (Å²) < 4.78 is 4.86. The van der Waals surface area contributed by atoms with Gasteiger partial charge in [-0.15, -0.1) is 0 Å². The lowest BCUT2D eigenvalue weighted by Crippen LogP contribution is -2.45. The van der Waals surface area contributed by atoms with Gasteiger partial charge in [0.15, 0.2) is 0 Å². The number of rotatable bonds is 2. The van der Waals surface area contributed by atoms with Gasteiger partial charge >= 0.3 is 5.97 Å². The third kappa shape index (κ3) is 3.14. The van der Waals surface area contributed by atoms with Crippen LogP contribution in [0.15, 0.2) is 12.2 Å². The van der Waals surface area contributed by atoms with Gasteiger partial charge in [0, 0.05) is 5.92 Å². The number of aliphatic hydroxyl groups excluding tert-OH is 1. The Morgan fingerprint density at radius 3 is 2.28 bits per heavy atom. The minimum absolute atomic E-state index is 0.00734. The topological polar surface area (TPSA) is 46.5 Å². The molecule has 0 aliphatic heterocycles. The van der Waals surface area contributed by atoms with Crippen LogP contribution in [0.25, 0.3) is 0 Å². The Balaban J connectivity index is 2.98. The van der Waals surface area contributed by atoms with E-state index < -0.39 is 6.10 Å². The lowest BCUT2D eigenvalue weighted by Gasteiger charge is -2.44. The third-order valence-corrected chi connectivity index (χ3v) is 4.18. The van der Waals surface area contributed by atoms with Crippen LogP contribution >= 0.6 is 0 Å². The number of hydrogen-bond acceptors (Lipinski definition) is 3. The predicted molar refractivity (Wildman–Crippen MR) is 72.0 cm³/mol. The molecule has 0 saturated heterocycles. The van der Waals surface area contributed by atoms with E-state index in [-0.39, 0.29) is 29.1 Å². The third-order valence-electron chi connectivity index (χ3n) is 4.18. The van der Waals surface area contributed by atoms with Crippen molar-refractivity contribution in [3.63, 3.8) is 0 Å². The van der Waals surface area contributed by atoms with E-state index in [0.29, 0.717) is 12.8 Å². The van der Waals surface area contributed by atoms with Crippen molar-refractivity contribution in [2.75, 3.05) is 7.11 Å². The molecule has 0 aromatic rings. The zero-order chi connectivity index (χ0) is 14.1. The first-order chi connectivity index (χ1) is 8.18. The Hall–Kier alpha value is -0.830. The van der Waals surface area contributed by atoms with Gasteiger partial charge in [0.05, 0.1) is 19.1 Å². The van der Waals surface area contributed by atoms with Crippen LogP contribution in [-0.2, 0) is 9.53 Å². The maximum Gasteiger partial charge on any atom is 0.308 e. The highest BCUT2D eigenvalue weighted by atomic mass is 16.5. The van der Waals surface area contributed by atoms with Crippen LogP contribution in [0.4, 0.5) is 0 Å². The molecule has 4 unspecified atom stereocenters. The number of aliphatic hydroxyl groups is 1. The Labute approximate surface area is 110 Å². The Morgan fingerprint density at radius 1 is 1.33 bits per heavy atom. The molecule has 3 heteroatoms. The molecular formula is C15H26O3. The van der Waals surface area contributed by atoms with Gasteiger partial charge in [0.2, 0.25) is 0 Å². The van der Waals surface area contributed by atoms with E-state index in [4.69, 9.17) is 4.74 Å². The summed E-state index contributed by atoms with van der Waals surface area (Å²) >= 11 is 0. The summed E-state index contributed by atoms with van der Waals surface area (Å²) in [5, 5.41) is 10.5. The average Bonchev–Trinajstić information content (AvgIpc) is 2.26. The molecule has 0 spiro atoms. The number of hydrogen-bond donors (Lipinski definition) is 1. The van der Waals surface area contributed by atoms with Crippen LogP contribution in [0.3, 0.4) is 0 Å². The van der Waals surface area contributed by atoms with Gasteiger partial charge in [-0.2, -0.15) is 0 Å². The van der Waals surface area contributed by atoms with Crippen molar-refractivity contribution < 1.29 is 14.6 Å². The zero-order valence-electron chi connectivity index (χ0n) is 12.2. The molecular weight excluding hydrogens is 228 g/mol. The smallest absolute Gasteiger partial charge is 0.308 e. The van der Waals surface area contributed by atoms with Crippen molar-refractivity contribution >= 4 is 5.97 Å². The molecule has 1 aliphatic carbocycles. The number of carbonyl (C=O) groups is 1. The fourth-order valence-electron chi connectivity index (χ4n) is 2.99. The quantitative estimate of drug-likeness (QED) is 0.609. The van der Waals surface area contributed by atoms with Gasteiger partial charge in [-0.05, 0) is 31.1 Å². The van der Waals surface area contributed by atoms with Crippen molar-refractivity contribution in [1.29, 1.82) is 0 Å². The average molecular weight is 254 g/mol. The van der Waals surface area contributed by atoms with E-state index in [1.165, 1.54) is 7.11 Å². The molecule has 0 radical (unpaired) electrons. The summed E-state index contributed by atoms with van der Waals surface area (Å²) in [7, 11) is 1.43. The molecule has 0 aromatic carbocycles. The molecule has 0 aromatic heterocycles. The van der Waals surface area contributed by atoms with Crippen LogP contribution in [0, 0.1) is 23.2 Å². The number of carbonyl (C=O) groups excluding carboxylic acids is 1. The fourth-order valence-corrected chi connectivity index (χ4v) is 2.99. The molecule has 3 nitrogen and oxygen atoms in total. The molecule has 1 N–H and O–H groups in total. The standard InChI is InChI=1S/C15H26O3/c1-9(2)11-7-10(14(17)18-6)8-12(13(11)16)15(3,4)5/h10-13,16H,1,7-8H2,2-6H3. The summed E-state index contributed by atoms with van der Waals surface area (Å²) in [5.41, 5.74) is 0.921. The summed E-state index contributed by atoms with van der Waals surface area (Å²) in [6, 6.07) is 0. The van der Waals surface area contributed by atoms with E-state index in [0.717, 1.165) is 5.57 Å². The summed E-state index contributed by atoms with van der Waals surface area (Å²) in [4.78, 5) is 11.8. The SMILES string of the molecule is C=C(C)C1CC(C(=O)OC)CC(C(C)(C)C)C1O. The highest BCUT2D eigenvalue weighted by Crippen LogP contribution is 2.45. The fraction of sp³-hybridized carbons (Fsp3) is 0.800. The molecule has 0 heterocycles. The second-order valence-corrected chi connectivity index (χ2v) is 6.61. The van der Waals surface area contributed by atoms with Gasteiger partial charge < -0.3 is 9.84 Å². The van der Waals surface area contributed by atoms with Crippen molar-refractivity contribution in [2.24, 2.45) is 23.2 Å². The molecule has 104 valence electrons. The highest BCUT2D eigenvalue weighted by Gasteiger charge is 2.44. The zero-order valence-corrected chi connectivity index (χ0v) is 12.2. The van der Waals surface area contributed by atoms with Crippen LogP contribution in [-0.4, -0.2) is 24.3 Å². The van der Waals surface area contributed by atoms with E-state index in [1.54, 1.807) is 0 Å². The molecule has 1 fully saturated rings. The van der Waals surface area contributed by atoms with E-state index in [9.17, 15) is 9.90 Å². The monoisotopic (exact) mass is 254 g/mol. The Kier molecular flexibility index (Phi) is 4.60. The van der Waals surface area contributed by atoms with Crippen LogP contribution in [0.5, 0.6) is 0 Å². The van der Waals surface area contributed by atoms with Crippen molar-refractivity contribution in [2.45, 2.75) is 46.6 Å². The molecule has 1 rings (SSSR count). The molecule has 0 bridgehead atoms. The lowest BCUT2D eigenvalue weighted by molar-refractivity contribution is -0.151. The molecule has 0 amide bonds. The minimum atomic E-state index is -0.414. The first-order valence-electron chi connectivity index (χ1n) is 6.59. The van der Waals surface area contributed by atoms with Crippen LogP contribution < -0.4 is 0 Å². The molecule has 18 heavy (non-hydrogen) atoms. The van der Waals surface area contributed by atoms with E-state index >= 15 is 0 Å². The summed E-state index contributed by atoms with van der Waals surface area (Å²) in [6.45, 7) is 12.2. The first kappa shape index (κ1) is 15.2. The van der Waals surface area contributed by atoms with Gasteiger partial charge in [0.25, 0.3) is 0 Å².